The van der Waals surface area contributed by atoms with Crippen molar-refractivity contribution in [3.8, 4) is 0 Å². The number of aromatic nitrogens is 1. The fourth-order valence-electron chi connectivity index (χ4n) is 1.63. The first-order valence-electron chi connectivity index (χ1n) is 6.39. The number of nitrogens with zero attached hydrogens (tertiary/aromatic N) is 2. The van der Waals surface area contributed by atoms with E-state index in [0.717, 1.165) is 18.9 Å². The highest BCUT2D eigenvalue weighted by atomic mass is 15.2. The quantitative estimate of drug-likeness (QED) is 0.821. The van der Waals surface area contributed by atoms with E-state index in [1.807, 2.05) is 12.3 Å². The van der Waals surface area contributed by atoms with E-state index in [2.05, 4.69) is 56.0 Å². The molecular weight excluding hydrogens is 210 g/mol. The van der Waals surface area contributed by atoms with E-state index in [0.29, 0.717) is 12.0 Å². The van der Waals surface area contributed by atoms with Crippen molar-refractivity contribution in [1.82, 2.24) is 10.3 Å². The summed E-state index contributed by atoms with van der Waals surface area (Å²) in [5, 5.41) is 3.47. The van der Waals surface area contributed by atoms with Gasteiger partial charge in [0, 0.05) is 31.4 Å². The highest BCUT2D eigenvalue weighted by Gasteiger charge is 2.10. The molecule has 0 amide bonds. The number of anilines is 1. The lowest BCUT2D eigenvalue weighted by Crippen LogP contribution is -2.29. The number of hydrogen-bond donors (Lipinski definition) is 1. The van der Waals surface area contributed by atoms with Crippen molar-refractivity contribution < 1.29 is 0 Å². The summed E-state index contributed by atoms with van der Waals surface area (Å²) >= 11 is 0. The Bertz CT molecular complexity index is 334. The van der Waals surface area contributed by atoms with E-state index >= 15 is 0 Å². The van der Waals surface area contributed by atoms with Gasteiger partial charge in [-0.3, -0.25) is 0 Å². The van der Waals surface area contributed by atoms with Gasteiger partial charge in [0.25, 0.3) is 0 Å². The summed E-state index contributed by atoms with van der Waals surface area (Å²) < 4.78 is 0. The van der Waals surface area contributed by atoms with Crippen LogP contribution in [0.15, 0.2) is 18.3 Å². The molecule has 0 aliphatic carbocycles. The minimum Gasteiger partial charge on any atom is -0.357 e. The van der Waals surface area contributed by atoms with Crippen molar-refractivity contribution >= 4 is 5.82 Å². The van der Waals surface area contributed by atoms with E-state index < -0.39 is 0 Å². The third-order valence-corrected chi connectivity index (χ3v) is 2.84. The molecule has 1 heterocycles. The van der Waals surface area contributed by atoms with Crippen molar-refractivity contribution in [3.63, 3.8) is 0 Å². The molecule has 96 valence electrons. The predicted molar refractivity (Wildman–Crippen MR) is 74.3 cm³/mol. The molecule has 0 radical (unpaired) electrons. The second-order valence-electron chi connectivity index (χ2n) is 5.22. The van der Waals surface area contributed by atoms with Crippen LogP contribution in [0.25, 0.3) is 0 Å². The molecule has 1 rings (SSSR count). The molecule has 0 atom stereocenters. The Balaban J connectivity index is 2.71. The lowest BCUT2D eigenvalue weighted by Gasteiger charge is -2.25. The van der Waals surface area contributed by atoms with E-state index in [-0.39, 0.29) is 0 Å². The molecule has 0 saturated carbocycles. The maximum Gasteiger partial charge on any atom is 0.132 e. The third kappa shape index (κ3) is 4.35. The summed E-state index contributed by atoms with van der Waals surface area (Å²) in [6.07, 6.45) is 1.86. The van der Waals surface area contributed by atoms with E-state index in [9.17, 15) is 0 Å². The van der Waals surface area contributed by atoms with Gasteiger partial charge in [-0.2, -0.15) is 0 Å². The second kappa shape index (κ2) is 6.60. The fraction of sp³-hybridized carbons (Fsp3) is 0.643. The number of nitrogens with one attached hydrogen (secondary N) is 1. The first-order chi connectivity index (χ1) is 8.02. The van der Waals surface area contributed by atoms with Crippen molar-refractivity contribution in [3.05, 3.63) is 23.9 Å². The first-order valence-corrected chi connectivity index (χ1v) is 6.39. The molecule has 0 aliphatic heterocycles. The molecule has 0 spiro atoms. The van der Waals surface area contributed by atoms with Gasteiger partial charge in [-0.1, -0.05) is 19.9 Å². The molecule has 0 aliphatic rings. The number of rotatable bonds is 6. The molecule has 0 fully saturated rings. The SMILES string of the molecule is CC(C)CNCc1cccnc1N(C)C(C)C. The van der Waals surface area contributed by atoms with Gasteiger partial charge in [0.15, 0.2) is 0 Å². The third-order valence-electron chi connectivity index (χ3n) is 2.84. The van der Waals surface area contributed by atoms with Gasteiger partial charge >= 0.3 is 0 Å². The van der Waals surface area contributed by atoms with Crippen LogP contribution in [0.2, 0.25) is 0 Å². The molecule has 1 N–H and O–H groups in total. The lowest BCUT2D eigenvalue weighted by molar-refractivity contribution is 0.551. The van der Waals surface area contributed by atoms with Crippen molar-refractivity contribution in [2.75, 3.05) is 18.5 Å². The average Bonchev–Trinajstić information content (AvgIpc) is 2.28. The Hall–Kier alpha value is -1.09. The first kappa shape index (κ1) is 14.0. The molecular formula is C14H25N3. The zero-order valence-electron chi connectivity index (χ0n) is 11.7. The topological polar surface area (TPSA) is 28.2 Å². The number of pyridine rings is 1. The van der Waals surface area contributed by atoms with Crippen LogP contribution in [-0.4, -0.2) is 24.6 Å². The van der Waals surface area contributed by atoms with Gasteiger partial charge in [0.1, 0.15) is 5.82 Å². The zero-order chi connectivity index (χ0) is 12.8. The zero-order valence-corrected chi connectivity index (χ0v) is 11.7. The molecule has 1 aromatic rings. The fourth-order valence-corrected chi connectivity index (χ4v) is 1.63. The Kier molecular flexibility index (Phi) is 5.42. The summed E-state index contributed by atoms with van der Waals surface area (Å²) in [6.45, 7) is 10.7. The van der Waals surface area contributed by atoms with Gasteiger partial charge in [0.2, 0.25) is 0 Å². The minimum absolute atomic E-state index is 0.466. The van der Waals surface area contributed by atoms with Gasteiger partial charge in [0.05, 0.1) is 0 Å². The Morgan fingerprint density at radius 2 is 2.00 bits per heavy atom. The summed E-state index contributed by atoms with van der Waals surface area (Å²) in [6, 6.07) is 4.62. The normalized spacial score (nSPS) is 11.2. The maximum absolute atomic E-state index is 4.48. The Morgan fingerprint density at radius 3 is 2.59 bits per heavy atom. The van der Waals surface area contributed by atoms with Gasteiger partial charge < -0.3 is 10.2 Å². The van der Waals surface area contributed by atoms with Crippen molar-refractivity contribution in [2.24, 2.45) is 5.92 Å². The van der Waals surface area contributed by atoms with Crippen LogP contribution in [-0.2, 0) is 6.54 Å². The molecule has 1 aromatic heterocycles. The molecule has 0 saturated heterocycles. The highest BCUT2D eigenvalue weighted by Crippen LogP contribution is 2.17. The Labute approximate surface area is 105 Å². The monoisotopic (exact) mass is 235 g/mol. The van der Waals surface area contributed by atoms with Crippen LogP contribution in [0.4, 0.5) is 5.82 Å². The lowest BCUT2D eigenvalue weighted by atomic mass is 10.2. The van der Waals surface area contributed by atoms with Gasteiger partial charge in [-0.15, -0.1) is 0 Å². The predicted octanol–water partition coefficient (Wildman–Crippen LogP) is 2.67. The summed E-state index contributed by atoms with van der Waals surface area (Å²) in [7, 11) is 2.10. The van der Waals surface area contributed by atoms with Crippen molar-refractivity contribution in [2.45, 2.75) is 40.3 Å². The van der Waals surface area contributed by atoms with Crippen LogP contribution >= 0.6 is 0 Å². The summed E-state index contributed by atoms with van der Waals surface area (Å²) in [5.74, 6) is 1.76. The van der Waals surface area contributed by atoms with E-state index in [1.54, 1.807) is 0 Å². The summed E-state index contributed by atoms with van der Waals surface area (Å²) in [5.41, 5.74) is 1.27. The van der Waals surface area contributed by atoms with Crippen LogP contribution < -0.4 is 10.2 Å². The molecule has 0 aromatic carbocycles. The molecule has 17 heavy (non-hydrogen) atoms. The average molecular weight is 235 g/mol. The standard InChI is InChI=1S/C14H25N3/c1-11(2)9-15-10-13-7-6-8-16-14(13)17(5)12(3)4/h6-8,11-12,15H,9-10H2,1-5H3. The maximum atomic E-state index is 4.48. The van der Waals surface area contributed by atoms with Crippen molar-refractivity contribution in [1.29, 1.82) is 0 Å². The molecule has 3 nitrogen and oxygen atoms in total. The van der Waals surface area contributed by atoms with Crippen LogP contribution in [0.1, 0.15) is 33.3 Å². The number of hydrogen-bond acceptors (Lipinski definition) is 3. The highest BCUT2D eigenvalue weighted by molar-refractivity contribution is 5.46. The van der Waals surface area contributed by atoms with Crippen LogP contribution in [0.3, 0.4) is 0 Å². The second-order valence-corrected chi connectivity index (χ2v) is 5.22. The molecule has 3 heteroatoms. The Morgan fingerprint density at radius 1 is 1.29 bits per heavy atom. The van der Waals surface area contributed by atoms with Gasteiger partial charge in [-0.25, -0.2) is 4.98 Å². The largest absolute Gasteiger partial charge is 0.357 e. The molecule has 0 unspecified atom stereocenters. The van der Waals surface area contributed by atoms with Crippen LogP contribution in [0, 0.1) is 5.92 Å². The smallest absolute Gasteiger partial charge is 0.132 e. The summed E-state index contributed by atoms with van der Waals surface area (Å²) in [4.78, 5) is 6.70. The van der Waals surface area contributed by atoms with E-state index in [1.165, 1.54) is 5.56 Å². The van der Waals surface area contributed by atoms with E-state index in [4.69, 9.17) is 0 Å². The minimum atomic E-state index is 0.466. The molecule has 0 bridgehead atoms. The van der Waals surface area contributed by atoms with Gasteiger partial charge in [-0.05, 0) is 32.4 Å². The van der Waals surface area contributed by atoms with Crippen LogP contribution in [0.5, 0.6) is 0 Å².